The first-order valence-corrected chi connectivity index (χ1v) is 7.49. The van der Waals surface area contributed by atoms with Crippen LogP contribution in [0.25, 0.3) is 0 Å². The van der Waals surface area contributed by atoms with Crippen LogP contribution in [0.3, 0.4) is 0 Å². The molecule has 120 valence electrons. The molecular weight excluding hydrogens is 288 g/mol. The van der Waals surface area contributed by atoms with E-state index in [-0.39, 0.29) is 17.0 Å². The summed E-state index contributed by atoms with van der Waals surface area (Å²) in [6.07, 6.45) is 4.63. The van der Waals surface area contributed by atoms with Crippen molar-refractivity contribution in [1.29, 1.82) is 0 Å². The third-order valence-corrected chi connectivity index (χ3v) is 3.29. The minimum absolute atomic E-state index is 0.0154. The summed E-state index contributed by atoms with van der Waals surface area (Å²) in [6.45, 7) is 10.4. The van der Waals surface area contributed by atoms with Gasteiger partial charge in [0, 0.05) is 12.2 Å². The Morgan fingerprint density at radius 1 is 1.22 bits per heavy atom. The van der Waals surface area contributed by atoms with Crippen molar-refractivity contribution in [2.75, 3.05) is 11.9 Å². The monoisotopic (exact) mass is 310 g/mol. The average Bonchev–Trinajstić information content (AvgIpc) is 2.53. The minimum atomic E-state index is -0.265. The number of amides is 1. The number of carbonyl (C=O) groups excluding carboxylic acids is 1. The highest BCUT2D eigenvalue weighted by molar-refractivity contribution is 5.92. The van der Waals surface area contributed by atoms with Crippen LogP contribution < -0.4 is 10.6 Å². The zero-order valence-electron chi connectivity index (χ0n) is 13.8. The normalized spacial score (nSPS) is 10.9. The van der Waals surface area contributed by atoms with E-state index in [1.54, 1.807) is 12.3 Å². The summed E-state index contributed by atoms with van der Waals surface area (Å²) in [4.78, 5) is 20.2. The van der Waals surface area contributed by atoms with Crippen LogP contribution in [-0.4, -0.2) is 22.4 Å². The van der Waals surface area contributed by atoms with E-state index < -0.39 is 0 Å². The van der Waals surface area contributed by atoms with Crippen LogP contribution in [0.5, 0.6) is 0 Å². The summed E-state index contributed by atoms with van der Waals surface area (Å²) in [6, 6.07) is 8.09. The zero-order chi connectivity index (χ0) is 16.9. The Morgan fingerprint density at radius 2 is 1.96 bits per heavy atom. The summed E-state index contributed by atoms with van der Waals surface area (Å²) >= 11 is 0. The van der Waals surface area contributed by atoms with Gasteiger partial charge in [0.05, 0.1) is 12.4 Å². The number of nitrogens with zero attached hydrogens (tertiary/aromatic N) is 2. The van der Waals surface area contributed by atoms with Gasteiger partial charge in [-0.1, -0.05) is 45.0 Å². The van der Waals surface area contributed by atoms with E-state index in [1.807, 2.05) is 18.2 Å². The predicted octanol–water partition coefficient (Wildman–Crippen LogP) is 3.43. The standard InChI is InChI=1S/C18H22N4O/c1-5-10-19-17(23)15-11-21-16(12-20-15)22-14-9-7-6-8-13(14)18(2,3)4/h5-9,11-12H,1,10H2,2-4H3,(H,19,23)(H,21,22). The topological polar surface area (TPSA) is 66.9 Å². The average molecular weight is 310 g/mol. The lowest BCUT2D eigenvalue weighted by molar-refractivity contribution is 0.0952. The van der Waals surface area contributed by atoms with Gasteiger partial charge >= 0.3 is 0 Å². The number of rotatable bonds is 5. The summed E-state index contributed by atoms with van der Waals surface area (Å²) in [5, 5.41) is 5.93. The summed E-state index contributed by atoms with van der Waals surface area (Å²) in [5.41, 5.74) is 2.47. The van der Waals surface area contributed by atoms with E-state index >= 15 is 0 Å². The maximum Gasteiger partial charge on any atom is 0.271 e. The number of benzene rings is 1. The van der Waals surface area contributed by atoms with Crippen molar-refractivity contribution in [2.45, 2.75) is 26.2 Å². The second-order valence-electron chi connectivity index (χ2n) is 6.21. The molecule has 1 aromatic heterocycles. The van der Waals surface area contributed by atoms with Gasteiger partial charge in [0.2, 0.25) is 0 Å². The maximum atomic E-state index is 11.8. The summed E-state index contributed by atoms with van der Waals surface area (Å²) < 4.78 is 0. The number of aromatic nitrogens is 2. The molecule has 0 aliphatic rings. The molecule has 1 heterocycles. The third-order valence-electron chi connectivity index (χ3n) is 3.29. The van der Waals surface area contributed by atoms with E-state index in [0.717, 1.165) is 5.69 Å². The molecule has 2 aromatic rings. The number of nitrogens with one attached hydrogen (secondary N) is 2. The number of hydrogen-bond acceptors (Lipinski definition) is 4. The van der Waals surface area contributed by atoms with E-state index in [4.69, 9.17) is 0 Å². The van der Waals surface area contributed by atoms with Gasteiger partial charge in [-0.2, -0.15) is 0 Å². The van der Waals surface area contributed by atoms with Gasteiger partial charge in [-0.25, -0.2) is 9.97 Å². The molecule has 0 aliphatic carbocycles. The molecule has 0 saturated carbocycles. The van der Waals surface area contributed by atoms with Crippen molar-refractivity contribution in [3.63, 3.8) is 0 Å². The molecule has 0 saturated heterocycles. The van der Waals surface area contributed by atoms with Crippen LogP contribution in [0.1, 0.15) is 36.8 Å². The van der Waals surface area contributed by atoms with Crippen molar-refractivity contribution < 1.29 is 4.79 Å². The van der Waals surface area contributed by atoms with Gasteiger partial charge in [-0.05, 0) is 17.0 Å². The Kier molecular flexibility index (Phi) is 5.11. The third kappa shape index (κ3) is 4.39. The Morgan fingerprint density at radius 3 is 2.57 bits per heavy atom. The number of carbonyl (C=O) groups is 1. The lowest BCUT2D eigenvalue weighted by Gasteiger charge is -2.23. The number of hydrogen-bond donors (Lipinski definition) is 2. The van der Waals surface area contributed by atoms with Crippen LogP contribution in [-0.2, 0) is 5.41 Å². The van der Waals surface area contributed by atoms with Gasteiger partial charge in [-0.3, -0.25) is 4.79 Å². The van der Waals surface area contributed by atoms with Crippen molar-refractivity contribution in [3.8, 4) is 0 Å². The molecule has 0 aliphatic heterocycles. The van der Waals surface area contributed by atoms with Crippen molar-refractivity contribution >= 4 is 17.4 Å². The molecule has 0 atom stereocenters. The van der Waals surface area contributed by atoms with Gasteiger partial charge < -0.3 is 10.6 Å². The van der Waals surface area contributed by atoms with Crippen LogP contribution >= 0.6 is 0 Å². The van der Waals surface area contributed by atoms with Gasteiger partial charge in [0.25, 0.3) is 5.91 Å². The second kappa shape index (κ2) is 7.05. The highest BCUT2D eigenvalue weighted by Gasteiger charge is 2.17. The molecular formula is C18H22N4O. The SMILES string of the molecule is C=CCNC(=O)c1cnc(Nc2ccccc2C(C)(C)C)cn1. The molecule has 0 unspecified atom stereocenters. The quantitative estimate of drug-likeness (QED) is 0.830. The fraction of sp³-hybridized carbons (Fsp3) is 0.278. The first-order chi connectivity index (χ1) is 10.9. The molecule has 5 nitrogen and oxygen atoms in total. The molecule has 1 aromatic carbocycles. The van der Waals surface area contributed by atoms with Crippen LogP contribution in [0.15, 0.2) is 49.3 Å². The molecule has 2 rings (SSSR count). The fourth-order valence-corrected chi connectivity index (χ4v) is 2.15. The van der Waals surface area contributed by atoms with Gasteiger partial charge in [0.1, 0.15) is 11.5 Å². The van der Waals surface area contributed by atoms with Crippen LogP contribution in [0.4, 0.5) is 11.5 Å². The minimum Gasteiger partial charge on any atom is -0.347 e. The van der Waals surface area contributed by atoms with E-state index in [2.05, 4.69) is 54.0 Å². The summed E-state index contributed by atoms with van der Waals surface area (Å²) in [5.74, 6) is 0.334. The van der Waals surface area contributed by atoms with E-state index in [1.165, 1.54) is 11.8 Å². The Labute approximate surface area is 136 Å². The second-order valence-corrected chi connectivity index (χ2v) is 6.21. The number of para-hydroxylation sites is 1. The first-order valence-electron chi connectivity index (χ1n) is 7.49. The Bertz CT molecular complexity index is 687. The number of anilines is 2. The van der Waals surface area contributed by atoms with E-state index in [0.29, 0.717) is 12.4 Å². The summed E-state index contributed by atoms with van der Waals surface area (Å²) in [7, 11) is 0. The molecule has 2 N–H and O–H groups in total. The molecule has 1 amide bonds. The van der Waals surface area contributed by atoms with Crippen LogP contribution in [0.2, 0.25) is 0 Å². The van der Waals surface area contributed by atoms with Gasteiger partial charge in [0.15, 0.2) is 0 Å². The van der Waals surface area contributed by atoms with Crippen LogP contribution in [0, 0.1) is 0 Å². The molecule has 0 spiro atoms. The smallest absolute Gasteiger partial charge is 0.271 e. The van der Waals surface area contributed by atoms with Crippen molar-refractivity contribution in [1.82, 2.24) is 15.3 Å². The lowest BCUT2D eigenvalue weighted by atomic mass is 9.86. The zero-order valence-corrected chi connectivity index (χ0v) is 13.8. The lowest BCUT2D eigenvalue weighted by Crippen LogP contribution is -2.24. The Hall–Kier alpha value is -2.69. The molecule has 0 radical (unpaired) electrons. The maximum absolute atomic E-state index is 11.8. The molecule has 0 fully saturated rings. The highest BCUT2D eigenvalue weighted by atomic mass is 16.1. The molecule has 5 heteroatoms. The molecule has 0 bridgehead atoms. The largest absolute Gasteiger partial charge is 0.347 e. The van der Waals surface area contributed by atoms with Gasteiger partial charge in [-0.15, -0.1) is 6.58 Å². The van der Waals surface area contributed by atoms with E-state index in [9.17, 15) is 4.79 Å². The molecule has 23 heavy (non-hydrogen) atoms. The first kappa shape index (κ1) is 16.7. The fourth-order valence-electron chi connectivity index (χ4n) is 2.15. The van der Waals surface area contributed by atoms with Crippen molar-refractivity contribution in [3.05, 3.63) is 60.6 Å². The Balaban J connectivity index is 2.16. The predicted molar refractivity (Wildman–Crippen MR) is 93.0 cm³/mol. The highest BCUT2D eigenvalue weighted by Crippen LogP contribution is 2.30. The van der Waals surface area contributed by atoms with Crippen molar-refractivity contribution in [2.24, 2.45) is 0 Å².